The smallest absolute Gasteiger partial charge is 0.252 e. The van der Waals surface area contributed by atoms with Crippen molar-refractivity contribution in [2.24, 2.45) is 0 Å². The molecule has 2 fully saturated rings. The van der Waals surface area contributed by atoms with Crippen LogP contribution in [0.25, 0.3) is 0 Å². The highest BCUT2D eigenvalue weighted by atomic mass is 32.2. The fraction of sp³-hybridized carbons (Fsp3) is 0.579. The number of rotatable bonds is 6. The van der Waals surface area contributed by atoms with Crippen LogP contribution in [0.5, 0.6) is 0 Å². The molecular weight excluding hydrogens is 334 g/mol. The van der Waals surface area contributed by atoms with Crippen LogP contribution in [-0.4, -0.2) is 41.7 Å². The van der Waals surface area contributed by atoms with Crippen LogP contribution < -0.4 is 16.0 Å². The molecule has 1 aromatic rings. The lowest BCUT2D eigenvalue weighted by Crippen LogP contribution is -2.48. The molecule has 0 radical (unpaired) electrons. The van der Waals surface area contributed by atoms with E-state index >= 15 is 0 Å². The third-order valence-electron chi connectivity index (χ3n) is 4.75. The van der Waals surface area contributed by atoms with E-state index in [0.717, 1.165) is 17.7 Å². The van der Waals surface area contributed by atoms with Crippen molar-refractivity contribution in [2.45, 2.75) is 68.6 Å². The fourth-order valence-electron chi connectivity index (χ4n) is 3.73. The molecule has 2 aliphatic heterocycles. The van der Waals surface area contributed by atoms with Crippen LogP contribution in [0.1, 0.15) is 49.9 Å². The summed E-state index contributed by atoms with van der Waals surface area (Å²) in [6.45, 7) is 3.88. The van der Waals surface area contributed by atoms with Crippen LogP contribution in [0.4, 0.5) is 0 Å². The maximum Gasteiger partial charge on any atom is 0.252 e. The fourth-order valence-corrected chi connectivity index (χ4v) is 4.59. The van der Waals surface area contributed by atoms with Gasteiger partial charge in [-0.1, -0.05) is 12.1 Å². The molecule has 1 aromatic carbocycles. The zero-order chi connectivity index (χ0) is 17.8. The number of hydrogen-bond donors (Lipinski definition) is 3. The number of nitrogens with one attached hydrogen (secondary N) is 3. The Morgan fingerprint density at radius 1 is 1.20 bits per heavy atom. The van der Waals surface area contributed by atoms with Gasteiger partial charge in [0, 0.05) is 29.1 Å². The van der Waals surface area contributed by atoms with Gasteiger partial charge in [-0.3, -0.25) is 9.59 Å². The van der Waals surface area contributed by atoms with Crippen LogP contribution in [0.2, 0.25) is 0 Å². The number of hydrogen-bond acceptors (Lipinski definition) is 4. The monoisotopic (exact) mass is 361 g/mol. The first-order valence-corrected chi connectivity index (χ1v) is 10.1. The number of piperidine rings is 1. The third kappa shape index (κ3) is 4.98. The topological polar surface area (TPSA) is 70.2 Å². The molecule has 2 bridgehead atoms. The second-order valence-corrected chi connectivity index (χ2v) is 8.30. The second-order valence-electron chi connectivity index (χ2n) is 7.29. The highest BCUT2D eigenvalue weighted by molar-refractivity contribution is 8.00. The average molecular weight is 362 g/mol. The SMILES string of the molecule is CC(C)NC(=O)CSc1ccccc1C(=O)NC1CC2CCC(C1)N2. The van der Waals surface area contributed by atoms with Gasteiger partial charge >= 0.3 is 0 Å². The van der Waals surface area contributed by atoms with Crippen molar-refractivity contribution in [3.63, 3.8) is 0 Å². The molecule has 2 atom stereocenters. The van der Waals surface area contributed by atoms with E-state index in [9.17, 15) is 9.59 Å². The first-order chi connectivity index (χ1) is 12.0. The molecule has 3 N–H and O–H groups in total. The van der Waals surface area contributed by atoms with Crippen LogP contribution in [0, 0.1) is 0 Å². The molecule has 2 unspecified atom stereocenters. The standard InChI is InChI=1S/C19H27N3O2S/c1-12(2)20-18(23)11-25-17-6-4-3-5-16(17)19(24)22-15-9-13-7-8-14(10-15)21-13/h3-6,12-15,21H,7-11H2,1-2H3,(H,20,23)(H,22,24). The highest BCUT2D eigenvalue weighted by Crippen LogP contribution is 2.28. The molecule has 25 heavy (non-hydrogen) atoms. The lowest BCUT2D eigenvalue weighted by atomic mass is 9.99. The van der Waals surface area contributed by atoms with Gasteiger partial charge in [0.2, 0.25) is 5.91 Å². The Kier molecular flexibility index (Phi) is 6.02. The second kappa shape index (κ2) is 8.23. The zero-order valence-electron chi connectivity index (χ0n) is 14.9. The molecule has 136 valence electrons. The minimum atomic E-state index is -0.0290. The highest BCUT2D eigenvalue weighted by Gasteiger charge is 2.34. The number of benzene rings is 1. The van der Waals surface area contributed by atoms with Crippen molar-refractivity contribution in [2.75, 3.05) is 5.75 Å². The summed E-state index contributed by atoms with van der Waals surface area (Å²) in [7, 11) is 0. The Morgan fingerprint density at radius 3 is 2.56 bits per heavy atom. The summed E-state index contributed by atoms with van der Waals surface area (Å²) >= 11 is 1.42. The van der Waals surface area contributed by atoms with Crippen molar-refractivity contribution in [1.29, 1.82) is 0 Å². The van der Waals surface area contributed by atoms with Crippen LogP contribution in [0.3, 0.4) is 0 Å². The van der Waals surface area contributed by atoms with E-state index in [1.165, 1.54) is 24.6 Å². The number of carbonyl (C=O) groups is 2. The van der Waals surface area contributed by atoms with E-state index in [4.69, 9.17) is 0 Å². The van der Waals surface area contributed by atoms with Gasteiger partial charge in [0.25, 0.3) is 5.91 Å². The van der Waals surface area contributed by atoms with E-state index in [-0.39, 0.29) is 23.9 Å². The van der Waals surface area contributed by atoms with Gasteiger partial charge in [-0.25, -0.2) is 0 Å². The van der Waals surface area contributed by atoms with Crippen molar-refractivity contribution in [1.82, 2.24) is 16.0 Å². The molecule has 0 saturated carbocycles. The molecule has 0 aromatic heterocycles. The molecule has 2 heterocycles. The molecule has 2 amide bonds. The maximum absolute atomic E-state index is 12.7. The Labute approximate surface area is 153 Å². The first kappa shape index (κ1) is 18.3. The minimum absolute atomic E-state index is 0.00913. The quantitative estimate of drug-likeness (QED) is 0.680. The molecule has 2 aliphatic rings. The molecule has 0 aliphatic carbocycles. The summed E-state index contributed by atoms with van der Waals surface area (Å²) in [5, 5.41) is 9.67. The third-order valence-corrected chi connectivity index (χ3v) is 5.82. The minimum Gasteiger partial charge on any atom is -0.353 e. The zero-order valence-corrected chi connectivity index (χ0v) is 15.7. The summed E-state index contributed by atoms with van der Waals surface area (Å²) in [5.41, 5.74) is 0.663. The predicted molar refractivity (Wildman–Crippen MR) is 101 cm³/mol. The number of amides is 2. The molecular formula is C19H27N3O2S. The van der Waals surface area contributed by atoms with Gasteiger partial charge in [0.15, 0.2) is 0 Å². The van der Waals surface area contributed by atoms with Gasteiger partial charge in [0.05, 0.1) is 11.3 Å². The Bertz CT molecular complexity index is 623. The van der Waals surface area contributed by atoms with Crippen molar-refractivity contribution in [3.05, 3.63) is 29.8 Å². The van der Waals surface area contributed by atoms with Gasteiger partial charge in [-0.2, -0.15) is 0 Å². The number of thioether (sulfide) groups is 1. The average Bonchev–Trinajstić information content (AvgIpc) is 2.91. The maximum atomic E-state index is 12.7. The molecule has 0 spiro atoms. The van der Waals surface area contributed by atoms with E-state index in [1.54, 1.807) is 0 Å². The Morgan fingerprint density at radius 2 is 1.88 bits per heavy atom. The van der Waals surface area contributed by atoms with Crippen molar-refractivity contribution in [3.8, 4) is 0 Å². The molecule has 2 saturated heterocycles. The lowest BCUT2D eigenvalue weighted by Gasteiger charge is -2.29. The van der Waals surface area contributed by atoms with Crippen molar-refractivity contribution < 1.29 is 9.59 Å². The van der Waals surface area contributed by atoms with Gasteiger partial charge in [-0.05, 0) is 51.7 Å². The summed E-state index contributed by atoms with van der Waals surface area (Å²) in [4.78, 5) is 25.5. The molecule has 6 heteroatoms. The summed E-state index contributed by atoms with van der Waals surface area (Å²) in [5.74, 6) is 0.281. The molecule has 5 nitrogen and oxygen atoms in total. The Hall–Kier alpha value is -1.53. The predicted octanol–water partition coefficient (Wildman–Crippen LogP) is 2.32. The normalized spacial score (nSPS) is 25.0. The number of fused-ring (bicyclic) bond motifs is 2. The largest absolute Gasteiger partial charge is 0.353 e. The first-order valence-electron chi connectivity index (χ1n) is 9.09. The Balaban J connectivity index is 1.59. The van der Waals surface area contributed by atoms with Gasteiger partial charge < -0.3 is 16.0 Å². The lowest BCUT2D eigenvalue weighted by molar-refractivity contribution is -0.119. The van der Waals surface area contributed by atoms with E-state index in [0.29, 0.717) is 23.4 Å². The van der Waals surface area contributed by atoms with E-state index < -0.39 is 0 Å². The van der Waals surface area contributed by atoms with Gasteiger partial charge in [-0.15, -0.1) is 11.8 Å². The van der Waals surface area contributed by atoms with E-state index in [2.05, 4.69) is 16.0 Å². The van der Waals surface area contributed by atoms with Gasteiger partial charge in [0.1, 0.15) is 0 Å². The van der Waals surface area contributed by atoms with Crippen LogP contribution in [0.15, 0.2) is 29.2 Å². The summed E-state index contributed by atoms with van der Waals surface area (Å²) in [6, 6.07) is 9.00. The summed E-state index contributed by atoms with van der Waals surface area (Å²) in [6.07, 6.45) is 4.45. The van der Waals surface area contributed by atoms with Crippen LogP contribution in [-0.2, 0) is 4.79 Å². The molecule has 3 rings (SSSR count). The van der Waals surface area contributed by atoms with E-state index in [1.807, 2.05) is 38.1 Å². The summed E-state index contributed by atoms with van der Waals surface area (Å²) < 4.78 is 0. The number of carbonyl (C=O) groups excluding carboxylic acids is 2. The van der Waals surface area contributed by atoms with Crippen molar-refractivity contribution >= 4 is 23.6 Å². The van der Waals surface area contributed by atoms with Crippen LogP contribution >= 0.6 is 11.8 Å².